The van der Waals surface area contributed by atoms with E-state index >= 15 is 0 Å². The van der Waals surface area contributed by atoms with Gasteiger partial charge < -0.3 is 10.6 Å². The lowest BCUT2D eigenvalue weighted by atomic mass is 9.90. The van der Waals surface area contributed by atoms with E-state index in [0.29, 0.717) is 11.5 Å². The van der Waals surface area contributed by atoms with Crippen molar-refractivity contribution in [2.45, 2.75) is 39.7 Å². The lowest BCUT2D eigenvalue weighted by Gasteiger charge is -2.28. The number of hydrogen-bond acceptors (Lipinski definition) is 2. The number of nitrogens with zero attached hydrogens (tertiary/aromatic N) is 1. The van der Waals surface area contributed by atoms with E-state index in [1.165, 1.54) is 25.9 Å². The number of likely N-dealkylation sites (tertiary alicyclic amines) is 1. The molecular weight excluding hydrogens is 184 g/mol. The first-order valence-corrected chi connectivity index (χ1v) is 5.01. The summed E-state index contributed by atoms with van der Waals surface area (Å²) >= 11 is 0. The molecule has 1 heterocycles. The summed E-state index contributed by atoms with van der Waals surface area (Å²) in [4.78, 5) is 2.49. The molecule has 0 bridgehead atoms. The van der Waals surface area contributed by atoms with Crippen LogP contribution in [0.5, 0.6) is 0 Å². The molecule has 1 aliphatic rings. The third kappa shape index (κ3) is 4.30. The molecule has 13 heavy (non-hydrogen) atoms. The molecule has 2 N–H and O–H groups in total. The molecule has 1 rings (SSSR count). The summed E-state index contributed by atoms with van der Waals surface area (Å²) in [6.07, 6.45) is 2.43. The molecule has 0 saturated carbocycles. The number of halogens is 1. The second-order valence-corrected chi connectivity index (χ2v) is 4.80. The van der Waals surface area contributed by atoms with Gasteiger partial charge >= 0.3 is 0 Å². The second-order valence-electron chi connectivity index (χ2n) is 4.80. The van der Waals surface area contributed by atoms with E-state index in [9.17, 15) is 0 Å². The molecule has 0 spiro atoms. The maximum atomic E-state index is 5.84. The van der Waals surface area contributed by atoms with Gasteiger partial charge in [0.2, 0.25) is 0 Å². The van der Waals surface area contributed by atoms with Crippen molar-refractivity contribution in [3.05, 3.63) is 0 Å². The summed E-state index contributed by atoms with van der Waals surface area (Å²) in [6, 6.07) is 0.428. The van der Waals surface area contributed by atoms with Crippen LogP contribution in [0.4, 0.5) is 0 Å². The van der Waals surface area contributed by atoms with Crippen LogP contribution in [0.3, 0.4) is 0 Å². The summed E-state index contributed by atoms with van der Waals surface area (Å²) in [5.41, 5.74) is 6.31. The summed E-state index contributed by atoms with van der Waals surface area (Å²) in [5, 5.41) is 0. The van der Waals surface area contributed by atoms with Gasteiger partial charge in [0.1, 0.15) is 0 Å². The quantitative estimate of drug-likeness (QED) is 0.764. The highest BCUT2D eigenvalue weighted by Crippen LogP contribution is 2.23. The molecule has 1 atom stereocenters. The lowest BCUT2D eigenvalue weighted by molar-refractivity contribution is 0.202. The Morgan fingerprint density at radius 3 is 2.46 bits per heavy atom. The van der Waals surface area contributed by atoms with E-state index in [1.807, 2.05) is 0 Å². The zero-order valence-corrected chi connectivity index (χ0v) is 9.86. The predicted molar refractivity (Wildman–Crippen MR) is 60.4 cm³/mol. The number of nitrogens with two attached hydrogens (primary N) is 1. The van der Waals surface area contributed by atoms with Crippen LogP contribution in [0, 0.1) is 5.41 Å². The first-order valence-electron chi connectivity index (χ1n) is 5.01. The highest BCUT2D eigenvalue weighted by molar-refractivity contribution is 5.85. The van der Waals surface area contributed by atoms with E-state index in [-0.39, 0.29) is 12.4 Å². The minimum Gasteiger partial charge on any atom is -0.326 e. The smallest absolute Gasteiger partial charge is 0.0180 e. The van der Waals surface area contributed by atoms with Gasteiger partial charge in [0.05, 0.1) is 0 Å². The van der Waals surface area contributed by atoms with Gasteiger partial charge in [-0.25, -0.2) is 0 Å². The predicted octanol–water partition coefficient (Wildman–Crippen LogP) is 1.88. The Bertz CT molecular complexity index is 148. The molecule has 0 amide bonds. The lowest BCUT2D eigenvalue weighted by Crippen LogP contribution is -2.34. The SMILES string of the molecule is CCC(C)(C)CN1CC[C@H](N)C1.Cl. The Morgan fingerprint density at radius 1 is 1.46 bits per heavy atom. The van der Waals surface area contributed by atoms with E-state index in [2.05, 4.69) is 25.7 Å². The molecule has 1 aliphatic heterocycles. The van der Waals surface area contributed by atoms with Crippen molar-refractivity contribution in [3.8, 4) is 0 Å². The van der Waals surface area contributed by atoms with Crippen molar-refractivity contribution >= 4 is 12.4 Å². The van der Waals surface area contributed by atoms with E-state index in [1.54, 1.807) is 0 Å². The number of hydrogen-bond donors (Lipinski definition) is 1. The Morgan fingerprint density at radius 2 is 2.08 bits per heavy atom. The van der Waals surface area contributed by atoms with Crippen molar-refractivity contribution in [1.29, 1.82) is 0 Å². The maximum absolute atomic E-state index is 5.84. The standard InChI is InChI=1S/C10H22N2.ClH/c1-4-10(2,3)8-12-6-5-9(11)7-12;/h9H,4-8,11H2,1-3H3;1H/t9-;/m0./s1. The molecule has 2 nitrogen and oxygen atoms in total. The molecule has 0 radical (unpaired) electrons. The van der Waals surface area contributed by atoms with Gasteiger partial charge in [-0.1, -0.05) is 20.8 Å². The van der Waals surface area contributed by atoms with Crippen LogP contribution in [0.1, 0.15) is 33.6 Å². The molecule has 3 heteroatoms. The largest absolute Gasteiger partial charge is 0.326 e. The van der Waals surface area contributed by atoms with Crippen LogP contribution in [0.15, 0.2) is 0 Å². The third-order valence-corrected chi connectivity index (χ3v) is 2.92. The normalized spacial score (nSPS) is 24.5. The van der Waals surface area contributed by atoms with Gasteiger partial charge in [-0.3, -0.25) is 0 Å². The van der Waals surface area contributed by atoms with Crippen LogP contribution >= 0.6 is 12.4 Å². The summed E-state index contributed by atoms with van der Waals surface area (Å²) in [7, 11) is 0. The summed E-state index contributed by atoms with van der Waals surface area (Å²) in [5.74, 6) is 0. The van der Waals surface area contributed by atoms with Crippen LogP contribution in [0.25, 0.3) is 0 Å². The first kappa shape index (κ1) is 13.2. The van der Waals surface area contributed by atoms with E-state index in [4.69, 9.17) is 5.73 Å². The average molecular weight is 207 g/mol. The highest BCUT2D eigenvalue weighted by Gasteiger charge is 2.24. The van der Waals surface area contributed by atoms with Crippen LogP contribution < -0.4 is 5.73 Å². The van der Waals surface area contributed by atoms with Crippen molar-refractivity contribution in [3.63, 3.8) is 0 Å². The van der Waals surface area contributed by atoms with Crippen LogP contribution in [0.2, 0.25) is 0 Å². The van der Waals surface area contributed by atoms with Gasteiger partial charge in [0.25, 0.3) is 0 Å². The highest BCUT2D eigenvalue weighted by atomic mass is 35.5. The zero-order valence-electron chi connectivity index (χ0n) is 9.05. The third-order valence-electron chi connectivity index (χ3n) is 2.92. The van der Waals surface area contributed by atoms with Crippen molar-refractivity contribution in [2.75, 3.05) is 19.6 Å². The summed E-state index contributed by atoms with van der Waals surface area (Å²) < 4.78 is 0. The maximum Gasteiger partial charge on any atom is 0.0180 e. The minimum atomic E-state index is 0. The molecule has 0 unspecified atom stereocenters. The minimum absolute atomic E-state index is 0. The van der Waals surface area contributed by atoms with Gasteiger partial charge in [0, 0.05) is 19.1 Å². The van der Waals surface area contributed by atoms with Gasteiger partial charge in [-0.15, -0.1) is 12.4 Å². The Kier molecular flexibility index (Phi) is 5.26. The van der Waals surface area contributed by atoms with Crippen molar-refractivity contribution in [1.82, 2.24) is 4.90 Å². The molecule has 0 aromatic heterocycles. The topological polar surface area (TPSA) is 29.3 Å². The molecule has 0 aromatic carbocycles. The number of rotatable bonds is 3. The van der Waals surface area contributed by atoms with Gasteiger partial charge in [-0.05, 0) is 24.8 Å². The monoisotopic (exact) mass is 206 g/mol. The van der Waals surface area contributed by atoms with Crippen LogP contribution in [-0.2, 0) is 0 Å². The van der Waals surface area contributed by atoms with Crippen LogP contribution in [-0.4, -0.2) is 30.6 Å². The molecule has 0 aliphatic carbocycles. The second kappa shape index (κ2) is 5.18. The first-order chi connectivity index (χ1) is 5.53. The Hall–Kier alpha value is 0.210. The van der Waals surface area contributed by atoms with Crippen molar-refractivity contribution in [2.24, 2.45) is 11.1 Å². The fourth-order valence-corrected chi connectivity index (χ4v) is 1.72. The molecule has 0 aromatic rings. The fourth-order valence-electron chi connectivity index (χ4n) is 1.72. The van der Waals surface area contributed by atoms with Gasteiger partial charge in [0.15, 0.2) is 0 Å². The Labute approximate surface area is 88.3 Å². The fraction of sp³-hybridized carbons (Fsp3) is 1.00. The molecule has 1 fully saturated rings. The summed E-state index contributed by atoms with van der Waals surface area (Å²) in [6.45, 7) is 10.4. The van der Waals surface area contributed by atoms with Crippen molar-refractivity contribution < 1.29 is 0 Å². The molecular formula is C10H23ClN2. The Balaban J connectivity index is 0.00000144. The zero-order chi connectivity index (χ0) is 9.19. The van der Waals surface area contributed by atoms with E-state index in [0.717, 1.165) is 6.54 Å². The van der Waals surface area contributed by atoms with E-state index < -0.39 is 0 Å². The average Bonchev–Trinajstić information content (AvgIpc) is 2.35. The molecule has 1 saturated heterocycles. The van der Waals surface area contributed by atoms with Gasteiger partial charge in [-0.2, -0.15) is 0 Å². The molecule has 80 valence electrons.